The van der Waals surface area contributed by atoms with E-state index in [9.17, 15) is 31.5 Å². The first-order chi connectivity index (χ1) is 12.4. The molecule has 0 bridgehead atoms. The molecule has 0 aliphatic carbocycles. The van der Waals surface area contributed by atoms with Gasteiger partial charge in [-0.15, -0.1) is 0 Å². The monoisotopic (exact) mass is 400 g/mol. The van der Waals surface area contributed by atoms with E-state index in [2.05, 4.69) is 11.0 Å². The maximum Gasteiger partial charge on any atom is 0.518 e. The number of ether oxygens (including phenoxy) is 1. The molecule has 0 heterocycles. The van der Waals surface area contributed by atoms with E-state index in [1.165, 1.54) is 25.1 Å². The van der Waals surface area contributed by atoms with E-state index in [1.54, 1.807) is 18.2 Å². The number of rotatable bonds is 5. The van der Waals surface area contributed by atoms with Crippen LogP contribution in [0.5, 0.6) is 5.75 Å². The van der Waals surface area contributed by atoms with Crippen molar-refractivity contribution >= 4 is 32.7 Å². The van der Waals surface area contributed by atoms with Crippen LogP contribution in [0.2, 0.25) is 0 Å². The van der Waals surface area contributed by atoms with E-state index in [-0.39, 0.29) is 16.9 Å². The molecule has 0 aliphatic rings. The summed E-state index contributed by atoms with van der Waals surface area (Å²) in [6.07, 6.45) is -0.638. The lowest BCUT2D eigenvalue weighted by molar-refractivity contribution is -0.217. The molecule has 144 valence electrons. The van der Waals surface area contributed by atoms with Crippen LogP contribution < -0.4 is 9.84 Å². The van der Waals surface area contributed by atoms with Crippen LogP contribution in [-0.2, 0) is 21.2 Å². The number of hydrogen-bond donors (Lipinski definition) is 0. The summed E-state index contributed by atoms with van der Waals surface area (Å²) in [5, 5.41) is 12.8. The normalized spacial score (nSPS) is 12.8. The van der Waals surface area contributed by atoms with Gasteiger partial charge in [-0.2, -0.15) is 26.0 Å². The lowest BCUT2D eigenvalue weighted by Gasteiger charge is -2.12. The van der Waals surface area contributed by atoms with Gasteiger partial charge < -0.3 is 9.84 Å². The van der Waals surface area contributed by atoms with Gasteiger partial charge in [0.25, 0.3) is 0 Å². The Morgan fingerprint density at radius 1 is 1.19 bits per heavy atom. The van der Waals surface area contributed by atoms with Gasteiger partial charge in [0, 0.05) is 12.0 Å². The maximum atomic E-state index is 12.3. The van der Waals surface area contributed by atoms with Crippen LogP contribution in [0.1, 0.15) is 12.5 Å². The number of alkyl halides is 3. The number of carbonyl (C=O) groups is 1. The van der Waals surface area contributed by atoms with Gasteiger partial charge in [0.1, 0.15) is 5.75 Å². The number of carbonyl (C=O) groups excluding carboxylic acids is 1. The highest BCUT2D eigenvalue weighted by Gasteiger charge is 2.45. The van der Waals surface area contributed by atoms with Crippen LogP contribution in [0.25, 0.3) is 10.8 Å². The largest absolute Gasteiger partial charge is 0.861 e. The van der Waals surface area contributed by atoms with E-state index in [0.29, 0.717) is 10.8 Å². The average molecular weight is 400 g/mol. The fourth-order valence-electron chi connectivity index (χ4n) is 2.03. The number of hydrogen-bond acceptors (Lipinski definition) is 5. The van der Waals surface area contributed by atoms with Gasteiger partial charge >= 0.3 is 21.5 Å². The number of sulfonamides is 1. The molecule has 6 nitrogen and oxygen atoms in total. The average Bonchev–Trinajstić information content (AvgIpc) is 2.52. The first-order valence-electron chi connectivity index (χ1n) is 7.36. The second-order valence-electron chi connectivity index (χ2n) is 5.60. The third kappa shape index (κ3) is 5.07. The molecule has 0 atom stereocenters. The molecule has 0 N–H and O–H groups in total. The molecule has 2 aromatic rings. The number of nitrogens with zero attached hydrogens (tertiary/aromatic N) is 1. The first-order valence-corrected chi connectivity index (χ1v) is 8.80. The Hall–Kier alpha value is -2.88. The molecule has 0 aliphatic heterocycles. The molecule has 0 aromatic heterocycles. The highest BCUT2D eigenvalue weighted by Crippen LogP contribution is 2.25. The molecule has 0 radical (unpaired) electrons. The quantitative estimate of drug-likeness (QED) is 0.253. The predicted molar refractivity (Wildman–Crippen MR) is 90.5 cm³/mol. The van der Waals surface area contributed by atoms with Crippen molar-refractivity contribution in [1.82, 2.24) is 0 Å². The van der Waals surface area contributed by atoms with E-state index >= 15 is 0 Å². The van der Waals surface area contributed by atoms with Crippen LogP contribution in [0.4, 0.5) is 13.2 Å². The number of benzene rings is 2. The Morgan fingerprint density at radius 3 is 2.41 bits per heavy atom. The molecule has 0 saturated heterocycles. The third-order valence-electron chi connectivity index (χ3n) is 3.30. The molecule has 2 rings (SSSR count). The molecule has 0 saturated carbocycles. The summed E-state index contributed by atoms with van der Waals surface area (Å²) in [7, 11) is -5.88. The number of halogens is 3. The van der Waals surface area contributed by atoms with Gasteiger partial charge in [0.15, 0.2) is 0 Å². The topological polar surface area (TPSA) is 95.9 Å². The molecule has 0 spiro atoms. The Morgan fingerprint density at radius 2 is 1.81 bits per heavy atom. The predicted octanol–water partition coefficient (Wildman–Crippen LogP) is 2.47. The van der Waals surface area contributed by atoms with Gasteiger partial charge in [0.2, 0.25) is 0 Å². The molecule has 10 heteroatoms. The Bertz CT molecular complexity index is 1040. The molecule has 2 aromatic carbocycles. The molecule has 0 unspecified atom stereocenters. The standard InChI is InChI=1S/C17H14F3NO5S/c1-10(2)16(23)26-14-6-5-12-4-3-11(7-13(12)9-14)8-15(22)21-27(24,25)17(18,19)20/h3-7,9H,1,8H2,2H3,(H,21,22)/p-1. The second-order valence-corrected chi connectivity index (χ2v) is 7.19. The fraction of sp³-hybridized carbons (Fsp3) is 0.176. The molecule has 27 heavy (non-hydrogen) atoms. The van der Waals surface area contributed by atoms with Crippen LogP contribution in [0.15, 0.2) is 52.9 Å². The number of esters is 1. The highest BCUT2D eigenvalue weighted by molar-refractivity contribution is 7.91. The molecular formula is C17H13F3NO5S-. The van der Waals surface area contributed by atoms with E-state index in [4.69, 9.17) is 4.74 Å². The molecule has 0 amide bonds. The minimum atomic E-state index is -5.88. The smallest absolute Gasteiger partial charge is 0.518 e. The number of fused-ring (bicyclic) bond motifs is 1. The molecular weight excluding hydrogens is 387 g/mol. The summed E-state index contributed by atoms with van der Waals surface area (Å²) in [6, 6.07) is 9.17. The first kappa shape index (κ1) is 20.4. The second kappa shape index (κ2) is 7.39. The van der Waals surface area contributed by atoms with Crippen molar-refractivity contribution in [2.75, 3.05) is 0 Å². The Balaban J connectivity index is 2.29. The van der Waals surface area contributed by atoms with Crippen molar-refractivity contribution in [2.24, 2.45) is 4.40 Å². The lowest BCUT2D eigenvalue weighted by Crippen LogP contribution is -2.27. The van der Waals surface area contributed by atoms with E-state index in [0.717, 1.165) is 0 Å². The zero-order valence-electron chi connectivity index (χ0n) is 13.9. The summed E-state index contributed by atoms with van der Waals surface area (Å²) in [4.78, 5) is 11.5. The summed E-state index contributed by atoms with van der Waals surface area (Å²) >= 11 is 0. The van der Waals surface area contributed by atoms with E-state index < -0.39 is 33.8 Å². The third-order valence-corrected chi connectivity index (χ3v) is 4.33. The van der Waals surface area contributed by atoms with Crippen LogP contribution in [0.3, 0.4) is 0 Å². The highest BCUT2D eigenvalue weighted by atomic mass is 32.2. The van der Waals surface area contributed by atoms with Crippen LogP contribution in [-0.4, -0.2) is 25.8 Å². The van der Waals surface area contributed by atoms with Gasteiger partial charge in [-0.3, -0.25) is 0 Å². The van der Waals surface area contributed by atoms with E-state index in [1.807, 2.05) is 0 Å². The SMILES string of the molecule is C=C(C)C(=O)Oc1ccc2ccc(C/C([O-])=N/S(=O)(=O)C(F)(F)F)cc2c1. The molecule has 0 fully saturated rings. The van der Waals surface area contributed by atoms with Gasteiger partial charge in [0.05, 0.1) is 0 Å². The van der Waals surface area contributed by atoms with Crippen molar-refractivity contribution in [3.05, 3.63) is 54.1 Å². The van der Waals surface area contributed by atoms with Crippen LogP contribution >= 0.6 is 0 Å². The van der Waals surface area contributed by atoms with Crippen molar-refractivity contribution in [3.8, 4) is 5.75 Å². The zero-order valence-corrected chi connectivity index (χ0v) is 14.7. The fourth-order valence-corrected chi connectivity index (χ4v) is 2.47. The Kier molecular flexibility index (Phi) is 5.59. The minimum absolute atomic E-state index is 0.196. The van der Waals surface area contributed by atoms with Gasteiger partial charge in [-0.05, 0) is 41.3 Å². The summed E-state index contributed by atoms with van der Waals surface area (Å²) in [5.74, 6) is -1.86. The minimum Gasteiger partial charge on any atom is -0.861 e. The summed E-state index contributed by atoms with van der Waals surface area (Å²) < 4.78 is 65.9. The summed E-state index contributed by atoms with van der Waals surface area (Å²) in [5.41, 5.74) is -5.19. The maximum absolute atomic E-state index is 12.3. The van der Waals surface area contributed by atoms with Crippen molar-refractivity contribution in [3.63, 3.8) is 0 Å². The van der Waals surface area contributed by atoms with Gasteiger partial charge in [-0.25, -0.2) is 4.79 Å². The van der Waals surface area contributed by atoms with Crippen molar-refractivity contribution < 1.29 is 36.2 Å². The van der Waals surface area contributed by atoms with Crippen molar-refractivity contribution in [2.45, 2.75) is 18.9 Å². The Labute approximate surface area is 152 Å². The lowest BCUT2D eigenvalue weighted by atomic mass is 10.0. The zero-order chi connectivity index (χ0) is 20.4. The summed E-state index contributed by atoms with van der Waals surface area (Å²) in [6.45, 7) is 4.93. The van der Waals surface area contributed by atoms with Crippen molar-refractivity contribution in [1.29, 1.82) is 0 Å². The van der Waals surface area contributed by atoms with Crippen LogP contribution in [0, 0.1) is 0 Å². The van der Waals surface area contributed by atoms with Gasteiger partial charge in [-0.1, -0.05) is 30.8 Å².